The molecular formula is C14H17NO2S. The molecule has 1 heterocycles. The molecule has 0 aliphatic heterocycles. The van der Waals surface area contributed by atoms with Crippen LogP contribution in [0.2, 0.25) is 0 Å². The van der Waals surface area contributed by atoms with Crippen LogP contribution in [0.4, 0.5) is 0 Å². The second kappa shape index (κ2) is 5.48. The normalized spacial score (nSPS) is 12.6. The highest BCUT2D eigenvalue weighted by atomic mass is 32.1. The van der Waals surface area contributed by atoms with E-state index in [1.54, 1.807) is 11.3 Å². The highest BCUT2D eigenvalue weighted by Gasteiger charge is 2.23. The summed E-state index contributed by atoms with van der Waals surface area (Å²) in [6.07, 6.45) is 0.720. The van der Waals surface area contributed by atoms with Crippen molar-refractivity contribution in [2.24, 2.45) is 0 Å². The fourth-order valence-electron chi connectivity index (χ4n) is 1.88. The van der Waals surface area contributed by atoms with Gasteiger partial charge in [0.25, 0.3) is 0 Å². The van der Waals surface area contributed by atoms with E-state index >= 15 is 0 Å². The summed E-state index contributed by atoms with van der Waals surface area (Å²) in [6, 6.07) is 6.15. The first-order valence-corrected chi connectivity index (χ1v) is 7.01. The number of aryl methyl sites for hydroxylation is 1. The maximum Gasteiger partial charge on any atom is 0.315 e. The molecule has 0 spiro atoms. The van der Waals surface area contributed by atoms with Gasteiger partial charge in [-0.25, -0.2) is 4.98 Å². The van der Waals surface area contributed by atoms with Crippen molar-refractivity contribution in [2.45, 2.75) is 33.1 Å². The Morgan fingerprint density at radius 1 is 1.44 bits per heavy atom. The standard InChI is InChI=1S/C14H17NO2S/c1-4-10(14(16)17-5-2)13-15-11-7-6-9(3)8-12(11)18-13/h6-8,10H,4-5H2,1-3H3. The summed E-state index contributed by atoms with van der Waals surface area (Å²) in [5.41, 5.74) is 2.17. The molecule has 1 aromatic carbocycles. The van der Waals surface area contributed by atoms with Gasteiger partial charge in [0.1, 0.15) is 10.9 Å². The van der Waals surface area contributed by atoms with Crippen LogP contribution in [0.15, 0.2) is 18.2 Å². The second-order valence-corrected chi connectivity index (χ2v) is 5.30. The third-order valence-electron chi connectivity index (χ3n) is 2.84. The lowest BCUT2D eigenvalue weighted by Crippen LogP contribution is -2.14. The van der Waals surface area contributed by atoms with E-state index in [9.17, 15) is 4.79 Å². The molecule has 0 radical (unpaired) electrons. The monoisotopic (exact) mass is 263 g/mol. The molecule has 2 rings (SSSR count). The van der Waals surface area contributed by atoms with Crippen molar-refractivity contribution < 1.29 is 9.53 Å². The summed E-state index contributed by atoms with van der Waals surface area (Å²) < 4.78 is 6.23. The molecule has 3 nitrogen and oxygen atoms in total. The number of benzene rings is 1. The molecule has 0 aliphatic carbocycles. The lowest BCUT2D eigenvalue weighted by molar-refractivity contribution is -0.145. The van der Waals surface area contributed by atoms with Crippen LogP contribution >= 0.6 is 11.3 Å². The van der Waals surface area contributed by atoms with Crippen LogP contribution < -0.4 is 0 Å². The topological polar surface area (TPSA) is 39.2 Å². The van der Waals surface area contributed by atoms with Gasteiger partial charge < -0.3 is 4.74 Å². The average Bonchev–Trinajstić information content (AvgIpc) is 2.72. The van der Waals surface area contributed by atoms with Gasteiger partial charge in [-0.05, 0) is 38.0 Å². The van der Waals surface area contributed by atoms with Gasteiger partial charge in [-0.15, -0.1) is 11.3 Å². The van der Waals surface area contributed by atoms with Crippen LogP contribution in [0.5, 0.6) is 0 Å². The zero-order chi connectivity index (χ0) is 13.1. The Labute approximate surface area is 111 Å². The first kappa shape index (κ1) is 13.0. The molecule has 4 heteroatoms. The van der Waals surface area contributed by atoms with Gasteiger partial charge in [-0.1, -0.05) is 13.0 Å². The second-order valence-electron chi connectivity index (χ2n) is 4.24. The Hall–Kier alpha value is -1.42. The first-order chi connectivity index (χ1) is 8.65. The lowest BCUT2D eigenvalue weighted by atomic mass is 10.1. The maximum absolute atomic E-state index is 11.9. The van der Waals surface area contributed by atoms with Crippen LogP contribution in [0, 0.1) is 6.92 Å². The molecule has 0 fully saturated rings. The highest BCUT2D eigenvalue weighted by Crippen LogP contribution is 2.30. The Morgan fingerprint density at radius 2 is 2.22 bits per heavy atom. The number of hydrogen-bond donors (Lipinski definition) is 0. The fourth-order valence-corrected chi connectivity index (χ4v) is 3.12. The molecule has 0 saturated heterocycles. The molecule has 0 aliphatic rings. The number of nitrogens with zero attached hydrogens (tertiary/aromatic N) is 1. The van der Waals surface area contributed by atoms with Crippen molar-refractivity contribution in [3.05, 3.63) is 28.8 Å². The average molecular weight is 263 g/mol. The predicted octanol–water partition coefficient (Wildman–Crippen LogP) is 3.66. The minimum Gasteiger partial charge on any atom is -0.465 e. The van der Waals surface area contributed by atoms with Crippen LogP contribution in [-0.2, 0) is 9.53 Å². The largest absolute Gasteiger partial charge is 0.465 e. The van der Waals surface area contributed by atoms with E-state index in [0.717, 1.165) is 21.6 Å². The van der Waals surface area contributed by atoms with Crippen LogP contribution in [0.25, 0.3) is 10.2 Å². The number of fused-ring (bicyclic) bond motifs is 1. The number of thiazole rings is 1. The summed E-state index contributed by atoms with van der Waals surface area (Å²) in [7, 11) is 0. The zero-order valence-corrected chi connectivity index (χ0v) is 11.7. The van der Waals surface area contributed by atoms with E-state index in [1.165, 1.54) is 5.56 Å². The Balaban J connectivity index is 2.36. The molecule has 1 atom stereocenters. The van der Waals surface area contributed by atoms with Crippen LogP contribution in [0.1, 0.15) is 36.8 Å². The van der Waals surface area contributed by atoms with Crippen LogP contribution in [0.3, 0.4) is 0 Å². The molecular weight excluding hydrogens is 246 g/mol. The molecule has 96 valence electrons. The van der Waals surface area contributed by atoms with Gasteiger partial charge in [0.2, 0.25) is 0 Å². The number of hydrogen-bond acceptors (Lipinski definition) is 4. The van der Waals surface area contributed by atoms with Crippen molar-refractivity contribution in [1.29, 1.82) is 0 Å². The lowest BCUT2D eigenvalue weighted by Gasteiger charge is -2.09. The molecule has 1 aromatic heterocycles. The van der Waals surface area contributed by atoms with E-state index in [1.807, 2.05) is 26.0 Å². The Morgan fingerprint density at radius 3 is 2.89 bits per heavy atom. The Bertz CT molecular complexity index is 562. The number of esters is 1. The van der Waals surface area contributed by atoms with E-state index < -0.39 is 0 Å². The fraction of sp³-hybridized carbons (Fsp3) is 0.429. The number of carbonyl (C=O) groups is 1. The van der Waals surface area contributed by atoms with Crippen molar-refractivity contribution in [1.82, 2.24) is 4.98 Å². The van der Waals surface area contributed by atoms with Crippen molar-refractivity contribution in [3.63, 3.8) is 0 Å². The van der Waals surface area contributed by atoms with Gasteiger partial charge in [-0.3, -0.25) is 4.79 Å². The molecule has 1 unspecified atom stereocenters. The smallest absolute Gasteiger partial charge is 0.315 e. The number of ether oxygens (including phenoxy) is 1. The van der Waals surface area contributed by atoms with Gasteiger partial charge in [0.15, 0.2) is 0 Å². The van der Waals surface area contributed by atoms with Crippen molar-refractivity contribution >= 4 is 27.5 Å². The summed E-state index contributed by atoms with van der Waals surface area (Å²) in [5.74, 6) is -0.404. The number of rotatable bonds is 4. The molecule has 2 aromatic rings. The van der Waals surface area contributed by atoms with E-state index in [0.29, 0.717) is 6.61 Å². The first-order valence-electron chi connectivity index (χ1n) is 6.19. The van der Waals surface area contributed by atoms with Gasteiger partial charge in [0, 0.05) is 0 Å². The van der Waals surface area contributed by atoms with E-state index in [2.05, 4.69) is 18.0 Å². The third kappa shape index (κ3) is 2.53. The Kier molecular flexibility index (Phi) is 3.97. The maximum atomic E-state index is 11.9. The van der Waals surface area contributed by atoms with Gasteiger partial charge in [-0.2, -0.15) is 0 Å². The summed E-state index contributed by atoms with van der Waals surface area (Å²) >= 11 is 1.59. The number of carbonyl (C=O) groups excluding carboxylic acids is 1. The third-order valence-corrected chi connectivity index (χ3v) is 3.97. The van der Waals surface area contributed by atoms with Crippen molar-refractivity contribution in [3.8, 4) is 0 Å². The molecule has 0 saturated carbocycles. The van der Waals surface area contributed by atoms with Gasteiger partial charge in [0.05, 0.1) is 16.8 Å². The number of aromatic nitrogens is 1. The summed E-state index contributed by atoms with van der Waals surface area (Å²) in [5, 5.41) is 0.858. The zero-order valence-electron chi connectivity index (χ0n) is 10.9. The SMILES string of the molecule is CCOC(=O)C(CC)c1nc2ccc(C)cc2s1. The highest BCUT2D eigenvalue weighted by molar-refractivity contribution is 7.18. The summed E-state index contributed by atoms with van der Waals surface area (Å²) in [4.78, 5) is 16.4. The molecule has 18 heavy (non-hydrogen) atoms. The molecule has 0 N–H and O–H groups in total. The quantitative estimate of drug-likeness (QED) is 0.790. The van der Waals surface area contributed by atoms with Crippen molar-refractivity contribution in [2.75, 3.05) is 6.61 Å². The minimum absolute atomic E-state index is 0.171. The van der Waals surface area contributed by atoms with Gasteiger partial charge >= 0.3 is 5.97 Å². The van der Waals surface area contributed by atoms with E-state index in [-0.39, 0.29) is 11.9 Å². The minimum atomic E-state index is -0.234. The summed E-state index contributed by atoms with van der Waals surface area (Å²) in [6.45, 7) is 6.28. The van der Waals surface area contributed by atoms with E-state index in [4.69, 9.17) is 4.74 Å². The molecule has 0 bridgehead atoms. The van der Waals surface area contributed by atoms with Crippen LogP contribution in [-0.4, -0.2) is 17.6 Å². The predicted molar refractivity (Wildman–Crippen MR) is 74.0 cm³/mol. The molecule has 0 amide bonds.